The van der Waals surface area contributed by atoms with E-state index in [9.17, 15) is 24.3 Å². The molecule has 2 bridgehead atoms. The molecule has 0 spiro atoms. The topological polar surface area (TPSA) is 166 Å². The van der Waals surface area contributed by atoms with Crippen molar-refractivity contribution in [2.24, 2.45) is 17.6 Å². The zero-order valence-electron chi connectivity index (χ0n) is 25.1. The first-order valence-electron chi connectivity index (χ1n) is 14.2. The van der Waals surface area contributed by atoms with Crippen LogP contribution in [0.1, 0.15) is 53.4 Å². The molecule has 0 aromatic rings. The van der Waals surface area contributed by atoms with Gasteiger partial charge in [-0.3, -0.25) is 14.4 Å². The molecule has 1 saturated carbocycles. The van der Waals surface area contributed by atoms with Crippen molar-refractivity contribution in [3.8, 4) is 0 Å². The molecule has 0 aromatic carbocycles. The second kappa shape index (κ2) is 14.6. The van der Waals surface area contributed by atoms with E-state index in [1.165, 1.54) is 20.3 Å². The summed E-state index contributed by atoms with van der Waals surface area (Å²) in [5, 5.41) is 17.0. The molecule has 6 atom stereocenters. The van der Waals surface area contributed by atoms with Gasteiger partial charge in [-0.2, -0.15) is 0 Å². The van der Waals surface area contributed by atoms with Gasteiger partial charge in [0.25, 0.3) is 5.91 Å². The fourth-order valence-corrected chi connectivity index (χ4v) is 5.17. The molecule has 3 rings (SSSR count). The van der Waals surface area contributed by atoms with Crippen LogP contribution in [0.5, 0.6) is 0 Å². The number of hydrogen-bond acceptors (Lipinski definition) is 9. The lowest BCUT2D eigenvalue weighted by Crippen LogP contribution is -2.38. The number of hydrogen-bond donors (Lipinski definition) is 4. The molecule has 0 aromatic heterocycles. The van der Waals surface area contributed by atoms with E-state index in [1.807, 2.05) is 13.8 Å². The molecule has 11 heteroatoms. The third-order valence-electron chi connectivity index (χ3n) is 7.72. The van der Waals surface area contributed by atoms with Crippen LogP contribution in [-0.2, 0) is 28.6 Å². The molecule has 0 saturated heterocycles. The Labute approximate surface area is 246 Å². The van der Waals surface area contributed by atoms with E-state index in [0.717, 1.165) is 18.9 Å². The molecule has 2 aliphatic carbocycles. The minimum atomic E-state index is -0.993. The fourth-order valence-electron chi connectivity index (χ4n) is 5.17. The van der Waals surface area contributed by atoms with Crippen molar-refractivity contribution >= 4 is 23.6 Å². The summed E-state index contributed by atoms with van der Waals surface area (Å²) in [6, 6.07) is 0.140. The number of amides is 2. The highest BCUT2D eigenvalue weighted by atomic mass is 16.6. The summed E-state index contributed by atoms with van der Waals surface area (Å²) in [7, 11) is 2.94. The minimum absolute atomic E-state index is 0.0929. The number of Topliss-reactive ketones (excluding diaryl/α,β-unsaturated/α-hetero) is 1. The molecule has 2 amide bonds. The van der Waals surface area contributed by atoms with E-state index >= 15 is 0 Å². The van der Waals surface area contributed by atoms with E-state index < -0.39 is 48.1 Å². The van der Waals surface area contributed by atoms with Crippen LogP contribution in [0.25, 0.3) is 0 Å². The summed E-state index contributed by atoms with van der Waals surface area (Å²) in [6.07, 6.45) is 5.85. The second-order valence-electron chi connectivity index (χ2n) is 11.3. The van der Waals surface area contributed by atoms with Gasteiger partial charge in [-0.1, -0.05) is 38.2 Å². The summed E-state index contributed by atoms with van der Waals surface area (Å²) >= 11 is 0. The number of aliphatic hydroxyl groups excluding tert-OH is 1. The van der Waals surface area contributed by atoms with Crippen molar-refractivity contribution in [1.29, 1.82) is 0 Å². The molecular weight excluding hydrogens is 542 g/mol. The number of carbonyl (C=O) groups is 4. The summed E-state index contributed by atoms with van der Waals surface area (Å²) in [6.45, 7) is 7.04. The largest absolute Gasteiger partial charge is 0.439 e. The third kappa shape index (κ3) is 8.50. The molecule has 42 heavy (non-hydrogen) atoms. The van der Waals surface area contributed by atoms with Gasteiger partial charge in [-0.05, 0) is 51.0 Å². The monoisotopic (exact) mass is 585 g/mol. The van der Waals surface area contributed by atoms with Crippen molar-refractivity contribution in [2.75, 3.05) is 14.2 Å². The predicted molar refractivity (Wildman–Crippen MR) is 156 cm³/mol. The number of methoxy groups -OCH3 is 2. The van der Waals surface area contributed by atoms with E-state index in [0.29, 0.717) is 17.6 Å². The van der Waals surface area contributed by atoms with Gasteiger partial charge in [0.1, 0.15) is 6.10 Å². The van der Waals surface area contributed by atoms with Crippen LogP contribution < -0.4 is 16.4 Å². The standard InChI is InChI=1S/C31H43N3O8/c1-16-12-21-26(33-20-10-11-20)23(35)15-22(28(21)37)34-30(38)17(2)8-7-9-24(40-5)29(42-31(32)39)19(4)14-18(3)27(36)25(13-16)41-6/h7-9,14-16,18,20,24-25,27,29,33,36H,10-13H2,1-6H3,(H2,32,39)(H,34,38)/b9-7+,17-8-,19-14+/t16-,18+,24+,25+,27-,29+/m1/s1. The quantitative estimate of drug-likeness (QED) is 0.280. The van der Waals surface area contributed by atoms with E-state index in [-0.39, 0.29) is 41.1 Å². The molecule has 11 nitrogen and oxygen atoms in total. The first-order valence-corrected chi connectivity index (χ1v) is 14.2. The average Bonchev–Trinajstić information content (AvgIpc) is 3.76. The Morgan fingerprint density at radius 2 is 1.81 bits per heavy atom. The molecule has 3 aliphatic rings. The summed E-state index contributed by atoms with van der Waals surface area (Å²) in [5.41, 5.74) is 6.69. The average molecular weight is 586 g/mol. The van der Waals surface area contributed by atoms with Crippen LogP contribution in [0.15, 0.2) is 58.5 Å². The Kier molecular flexibility index (Phi) is 11.4. The van der Waals surface area contributed by atoms with Crippen molar-refractivity contribution in [1.82, 2.24) is 10.6 Å². The SMILES string of the molecule is CO[C@H]1/C=C/C=C(/C)C(=O)NC2=CC(=O)C(NC3CC3)=C(C[C@@H](C)C[C@H](OC)[C@H](O)[C@@H](C)/C=C(\C)[C@@H]1OC(N)=O)C2=O. The fraction of sp³-hybridized carbons (Fsp3) is 0.548. The Morgan fingerprint density at radius 3 is 2.40 bits per heavy atom. The Balaban J connectivity index is 2.05. The summed E-state index contributed by atoms with van der Waals surface area (Å²) in [4.78, 5) is 51.5. The number of carbonyl (C=O) groups excluding carboxylic acids is 4. The van der Waals surface area contributed by atoms with Crippen LogP contribution in [0.4, 0.5) is 4.79 Å². The lowest BCUT2D eigenvalue weighted by molar-refractivity contribution is -0.120. The van der Waals surface area contributed by atoms with Gasteiger partial charge < -0.3 is 35.7 Å². The number of primary amides is 1. The van der Waals surface area contributed by atoms with E-state index in [4.69, 9.17) is 19.9 Å². The van der Waals surface area contributed by atoms with Gasteiger partial charge in [-0.25, -0.2) is 4.79 Å². The highest BCUT2D eigenvalue weighted by molar-refractivity contribution is 6.23. The van der Waals surface area contributed by atoms with Gasteiger partial charge in [0, 0.05) is 43.4 Å². The third-order valence-corrected chi connectivity index (χ3v) is 7.72. The molecule has 0 radical (unpaired) electrons. The maximum absolute atomic E-state index is 13.6. The molecule has 1 heterocycles. The first-order chi connectivity index (χ1) is 19.9. The second-order valence-corrected chi connectivity index (χ2v) is 11.3. The van der Waals surface area contributed by atoms with Crippen LogP contribution >= 0.6 is 0 Å². The van der Waals surface area contributed by atoms with Crippen LogP contribution in [0.3, 0.4) is 0 Å². The number of ether oxygens (including phenoxy) is 3. The number of ketones is 2. The maximum Gasteiger partial charge on any atom is 0.405 e. The van der Waals surface area contributed by atoms with Crippen molar-refractivity contribution < 1.29 is 38.5 Å². The number of nitrogens with two attached hydrogens (primary N) is 1. The smallest absolute Gasteiger partial charge is 0.405 e. The normalized spacial score (nSPS) is 33.5. The van der Waals surface area contributed by atoms with Gasteiger partial charge in [0.05, 0.1) is 23.6 Å². The molecule has 0 unspecified atom stereocenters. The van der Waals surface area contributed by atoms with Crippen LogP contribution in [0.2, 0.25) is 0 Å². The van der Waals surface area contributed by atoms with Gasteiger partial charge in [-0.15, -0.1) is 0 Å². The summed E-state index contributed by atoms with van der Waals surface area (Å²) in [5.74, 6) is -1.94. The number of rotatable bonds is 5. The Morgan fingerprint density at radius 1 is 1.12 bits per heavy atom. The minimum Gasteiger partial charge on any atom is -0.439 e. The summed E-state index contributed by atoms with van der Waals surface area (Å²) < 4.78 is 16.6. The molecule has 1 fully saturated rings. The molecule has 1 aliphatic heterocycles. The number of allylic oxidation sites excluding steroid dienone is 4. The Hall–Kier alpha value is -3.54. The molecule has 230 valence electrons. The van der Waals surface area contributed by atoms with Crippen molar-refractivity contribution in [2.45, 2.75) is 83.8 Å². The van der Waals surface area contributed by atoms with Gasteiger partial charge >= 0.3 is 6.09 Å². The molecule has 5 N–H and O–H groups in total. The lowest BCUT2D eigenvalue weighted by atomic mass is 9.85. The van der Waals surface area contributed by atoms with Gasteiger partial charge in [0.2, 0.25) is 11.6 Å². The zero-order chi connectivity index (χ0) is 31.1. The first kappa shape index (κ1) is 33.0. The Bertz CT molecular complexity index is 1230. The van der Waals surface area contributed by atoms with E-state index in [1.54, 1.807) is 32.1 Å². The van der Waals surface area contributed by atoms with Gasteiger partial charge in [0.15, 0.2) is 6.10 Å². The number of aliphatic hydroxyl groups is 1. The predicted octanol–water partition coefficient (Wildman–Crippen LogP) is 2.51. The number of fused-ring (bicyclic) bond motifs is 2. The van der Waals surface area contributed by atoms with Crippen LogP contribution in [-0.4, -0.2) is 73.4 Å². The highest BCUT2D eigenvalue weighted by Crippen LogP contribution is 2.30. The number of nitrogens with one attached hydrogen (secondary N) is 2. The van der Waals surface area contributed by atoms with E-state index in [2.05, 4.69) is 10.6 Å². The van der Waals surface area contributed by atoms with Crippen molar-refractivity contribution in [3.63, 3.8) is 0 Å². The molecular formula is C31H43N3O8. The highest BCUT2D eigenvalue weighted by Gasteiger charge is 2.35. The van der Waals surface area contributed by atoms with Crippen molar-refractivity contribution in [3.05, 3.63) is 58.5 Å². The zero-order valence-corrected chi connectivity index (χ0v) is 25.1. The van der Waals surface area contributed by atoms with Crippen LogP contribution in [0, 0.1) is 11.8 Å². The maximum atomic E-state index is 13.6. The lowest BCUT2D eigenvalue weighted by Gasteiger charge is -2.30.